The van der Waals surface area contributed by atoms with Gasteiger partial charge in [-0.15, -0.1) is 0 Å². The Bertz CT molecular complexity index is 816. The Morgan fingerprint density at radius 3 is 2.92 bits per heavy atom. The molecular weight excluding hydrogens is 330 g/mol. The quantitative estimate of drug-likeness (QED) is 0.788. The molecule has 1 aromatic carbocycles. The van der Waals surface area contributed by atoms with Crippen LogP contribution in [0.15, 0.2) is 18.3 Å². The lowest BCUT2D eigenvalue weighted by molar-refractivity contribution is -0.123. The van der Waals surface area contributed by atoms with Gasteiger partial charge in [0.05, 0.1) is 7.11 Å². The van der Waals surface area contributed by atoms with Crippen molar-refractivity contribution in [1.29, 1.82) is 0 Å². The number of hydrogen-bond donors (Lipinski definition) is 2. The van der Waals surface area contributed by atoms with Crippen LogP contribution >= 0.6 is 0 Å². The normalized spacial score (nSPS) is 17.0. The highest BCUT2D eigenvalue weighted by atomic mass is 16.7. The van der Waals surface area contributed by atoms with Crippen molar-refractivity contribution in [3.8, 4) is 17.2 Å². The Morgan fingerprint density at radius 1 is 1.44 bits per heavy atom. The number of carbonyl (C=O) groups excluding carboxylic acids is 1. The standard InChI is InChI=1S/C15H15N3O4.CH2O2/c1-18-6-10-9(5-13(19)16-15(10)17-18)8-3-11(20-2)14-12(4-8)21-7-22-14;2-1-3/h3-4,6,9H,5,7H2,1-2H3,(H,16,17,19);1H,(H,2,3). The summed E-state index contributed by atoms with van der Waals surface area (Å²) in [5.74, 6) is 2.35. The van der Waals surface area contributed by atoms with Gasteiger partial charge in [-0.2, -0.15) is 5.10 Å². The Balaban J connectivity index is 0.000000569. The molecule has 0 saturated carbocycles. The molecule has 0 radical (unpaired) electrons. The molecule has 25 heavy (non-hydrogen) atoms. The Kier molecular flexibility index (Phi) is 4.46. The number of carbonyl (C=O) groups is 2. The fourth-order valence-electron chi connectivity index (χ4n) is 2.99. The summed E-state index contributed by atoms with van der Waals surface area (Å²) in [4.78, 5) is 20.3. The van der Waals surface area contributed by atoms with Gasteiger partial charge in [-0.25, -0.2) is 0 Å². The molecule has 4 rings (SSSR count). The van der Waals surface area contributed by atoms with E-state index < -0.39 is 0 Å². The van der Waals surface area contributed by atoms with E-state index in [2.05, 4.69) is 10.4 Å². The van der Waals surface area contributed by atoms with Crippen molar-refractivity contribution in [1.82, 2.24) is 9.78 Å². The molecule has 0 aliphatic carbocycles. The van der Waals surface area contributed by atoms with Gasteiger partial charge in [0.1, 0.15) is 0 Å². The summed E-state index contributed by atoms with van der Waals surface area (Å²) in [6.45, 7) is -0.0710. The van der Waals surface area contributed by atoms with Gasteiger partial charge in [0, 0.05) is 31.1 Å². The van der Waals surface area contributed by atoms with Gasteiger partial charge in [-0.05, 0) is 17.7 Å². The van der Waals surface area contributed by atoms with Crippen molar-refractivity contribution in [2.24, 2.45) is 7.05 Å². The number of aromatic nitrogens is 2. The molecule has 1 amide bonds. The predicted octanol–water partition coefficient (Wildman–Crippen LogP) is 1.33. The zero-order valence-electron chi connectivity index (χ0n) is 13.7. The minimum absolute atomic E-state index is 0.0483. The molecular formula is C16H17N3O6. The van der Waals surface area contributed by atoms with Gasteiger partial charge in [-0.3, -0.25) is 14.3 Å². The van der Waals surface area contributed by atoms with Gasteiger partial charge in [-0.1, -0.05) is 0 Å². The highest BCUT2D eigenvalue weighted by molar-refractivity contribution is 5.94. The number of aryl methyl sites for hydroxylation is 1. The first kappa shape index (κ1) is 16.6. The topological polar surface area (TPSA) is 112 Å². The fraction of sp³-hybridized carbons (Fsp3) is 0.312. The maximum absolute atomic E-state index is 12.0. The first-order valence-corrected chi connectivity index (χ1v) is 7.46. The van der Waals surface area contributed by atoms with Crippen LogP contribution in [-0.2, 0) is 16.6 Å². The Labute approximate surface area is 143 Å². The first-order valence-electron chi connectivity index (χ1n) is 7.46. The molecule has 9 nitrogen and oxygen atoms in total. The van der Waals surface area contributed by atoms with Crippen LogP contribution in [0, 0.1) is 0 Å². The maximum atomic E-state index is 12.0. The van der Waals surface area contributed by atoms with E-state index in [1.165, 1.54) is 0 Å². The monoisotopic (exact) mass is 347 g/mol. The molecule has 0 fully saturated rings. The average molecular weight is 347 g/mol. The minimum atomic E-state index is -0.250. The number of amides is 1. The van der Waals surface area contributed by atoms with E-state index in [0.717, 1.165) is 11.1 Å². The van der Waals surface area contributed by atoms with Gasteiger partial charge >= 0.3 is 0 Å². The van der Waals surface area contributed by atoms with Crippen molar-refractivity contribution < 1.29 is 28.9 Å². The summed E-state index contributed by atoms with van der Waals surface area (Å²) in [5.41, 5.74) is 1.94. The van der Waals surface area contributed by atoms with E-state index in [9.17, 15) is 4.79 Å². The smallest absolute Gasteiger partial charge is 0.290 e. The molecule has 9 heteroatoms. The fourth-order valence-corrected chi connectivity index (χ4v) is 2.99. The number of nitrogens with one attached hydrogen (secondary N) is 1. The number of rotatable bonds is 2. The van der Waals surface area contributed by atoms with Crippen LogP contribution in [0.25, 0.3) is 0 Å². The van der Waals surface area contributed by atoms with Crippen LogP contribution < -0.4 is 19.5 Å². The number of ether oxygens (including phenoxy) is 3. The molecule has 0 bridgehead atoms. The average Bonchev–Trinajstić information content (AvgIpc) is 3.19. The van der Waals surface area contributed by atoms with Crippen LogP contribution in [-0.4, -0.2) is 41.2 Å². The maximum Gasteiger partial charge on any atom is 0.290 e. The third-order valence-electron chi connectivity index (χ3n) is 3.96. The summed E-state index contributed by atoms with van der Waals surface area (Å²) < 4.78 is 18.0. The molecule has 2 aliphatic heterocycles. The lowest BCUT2D eigenvalue weighted by Crippen LogP contribution is -2.23. The van der Waals surface area contributed by atoms with Gasteiger partial charge < -0.3 is 24.6 Å². The van der Waals surface area contributed by atoms with Crippen molar-refractivity contribution in [3.05, 3.63) is 29.5 Å². The highest BCUT2D eigenvalue weighted by Crippen LogP contribution is 2.46. The zero-order valence-corrected chi connectivity index (χ0v) is 13.7. The Morgan fingerprint density at radius 2 is 2.20 bits per heavy atom. The lowest BCUT2D eigenvalue weighted by Gasteiger charge is -2.22. The summed E-state index contributed by atoms with van der Waals surface area (Å²) in [7, 11) is 3.42. The van der Waals surface area contributed by atoms with Crippen LogP contribution in [0.2, 0.25) is 0 Å². The van der Waals surface area contributed by atoms with E-state index in [4.69, 9.17) is 24.1 Å². The number of anilines is 1. The van der Waals surface area contributed by atoms with Crippen LogP contribution in [0.1, 0.15) is 23.5 Å². The summed E-state index contributed by atoms with van der Waals surface area (Å²) in [6.07, 6.45) is 2.29. The van der Waals surface area contributed by atoms with Crippen molar-refractivity contribution in [2.45, 2.75) is 12.3 Å². The highest BCUT2D eigenvalue weighted by Gasteiger charge is 2.31. The molecule has 1 atom stereocenters. The molecule has 2 aliphatic rings. The summed E-state index contributed by atoms with van der Waals surface area (Å²) in [6, 6.07) is 3.80. The second kappa shape index (κ2) is 6.71. The van der Waals surface area contributed by atoms with Crippen LogP contribution in [0.3, 0.4) is 0 Å². The molecule has 3 heterocycles. The van der Waals surface area contributed by atoms with Crippen molar-refractivity contribution >= 4 is 18.2 Å². The molecule has 1 aromatic heterocycles. The second-order valence-corrected chi connectivity index (χ2v) is 5.47. The zero-order chi connectivity index (χ0) is 18.0. The molecule has 0 saturated heterocycles. The van der Waals surface area contributed by atoms with Gasteiger partial charge in [0.2, 0.25) is 18.4 Å². The van der Waals surface area contributed by atoms with E-state index in [0.29, 0.717) is 29.5 Å². The van der Waals surface area contributed by atoms with E-state index in [1.807, 2.05) is 25.4 Å². The van der Waals surface area contributed by atoms with E-state index in [-0.39, 0.29) is 25.1 Å². The van der Waals surface area contributed by atoms with E-state index >= 15 is 0 Å². The number of nitrogens with zero attached hydrogens (tertiary/aromatic N) is 2. The van der Waals surface area contributed by atoms with Gasteiger partial charge in [0.15, 0.2) is 17.3 Å². The number of hydrogen-bond acceptors (Lipinski definition) is 6. The Hall–Kier alpha value is -3.23. The molecule has 0 spiro atoms. The van der Waals surface area contributed by atoms with Crippen molar-refractivity contribution in [3.63, 3.8) is 0 Å². The van der Waals surface area contributed by atoms with Crippen LogP contribution in [0.4, 0.5) is 5.82 Å². The van der Waals surface area contributed by atoms with Crippen LogP contribution in [0.5, 0.6) is 17.2 Å². The number of fused-ring (bicyclic) bond motifs is 2. The number of methoxy groups -OCH3 is 1. The van der Waals surface area contributed by atoms with Gasteiger partial charge in [0.25, 0.3) is 6.47 Å². The largest absolute Gasteiger partial charge is 0.493 e. The van der Waals surface area contributed by atoms with Crippen molar-refractivity contribution in [2.75, 3.05) is 19.2 Å². The summed E-state index contributed by atoms with van der Waals surface area (Å²) >= 11 is 0. The summed E-state index contributed by atoms with van der Waals surface area (Å²) in [5, 5.41) is 14.0. The second-order valence-electron chi connectivity index (χ2n) is 5.47. The molecule has 2 aromatic rings. The first-order chi connectivity index (χ1) is 12.1. The minimum Gasteiger partial charge on any atom is -0.493 e. The lowest BCUT2D eigenvalue weighted by atomic mass is 9.87. The molecule has 132 valence electrons. The third-order valence-corrected chi connectivity index (χ3v) is 3.96. The SMILES string of the molecule is COc1cc(C2CC(=O)Nc3nn(C)cc32)cc2c1OCO2.O=CO. The van der Waals surface area contributed by atoms with E-state index in [1.54, 1.807) is 11.8 Å². The number of carboxylic acid groups (broad SMARTS) is 1. The molecule has 1 unspecified atom stereocenters. The third kappa shape index (κ3) is 3.08. The number of benzene rings is 1. The molecule has 2 N–H and O–H groups in total. The predicted molar refractivity (Wildman–Crippen MR) is 86.1 cm³/mol.